The Bertz CT molecular complexity index is 888. The van der Waals surface area contributed by atoms with Gasteiger partial charge in [-0.05, 0) is 37.3 Å². The number of aromatic nitrogens is 1. The number of halogens is 1. The van der Waals surface area contributed by atoms with E-state index in [2.05, 4.69) is 16.4 Å². The lowest BCUT2D eigenvalue weighted by Crippen LogP contribution is -1.91. The average molecular weight is 310 g/mol. The molecule has 0 bridgehead atoms. The predicted octanol–water partition coefficient (Wildman–Crippen LogP) is 4.77. The third kappa shape index (κ3) is 2.95. The fourth-order valence-electron chi connectivity index (χ4n) is 1.96. The summed E-state index contributed by atoms with van der Waals surface area (Å²) >= 11 is 5.92. The molecular formula is C17H12ClN3O. The van der Waals surface area contributed by atoms with Crippen LogP contribution in [0.5, 0.6) is 0 Å². The van der Waals surface area contributed by atoms with Gasteiger partial charge in [-0.25, -0.2) is 4.98 Å². The molecule has 22 heavy (non-hydrogen) atoms. The van der Waals surface area contributed by atoms with Gasteiger partial charge in [0.2, 0.25) is 5.89 Å². The molecule has 1 N–H and O–H groups in total. The lowest BCUT2D eigenvalue weighted by atomic mass is 10.2. The zero-order valence-corrected chi connectivity index (χ0v) is 12.6. The highest BCUT2D eigenvalue weighted by atomic mass is 35.5. The van der Waals surface area contributed by atoms with Crippen LogP contribution in [0.1, 0.15) is 11.5 Å². The van der Waals surface area contributed by atoms with Crippen molar-refractivity contribution in [3.63, 3.8) is 0 Å². The number of hydrogen-bond acceptors (Lipinski definition) is 4. The first-order valence-electron chi connectivity index (χ1n) is 6.65. The van der Waals surface area contributed by atoms with Crippen molar-refractivity contribution in [1.29, 1.82) is 5.26 Å². The average Bonchev–Trinajstić information content (AvgIpc) is 2.92. The Morgan fingerprint density at radius 2 is 2.05 bits per heavy atom. The molecule has 0 spiro atoms. The molecule has 0 atom stereocenters. The van der Waals surface area contributed by atoms with Gasteiger partial charge in [0.1, 0.15) is 17.2 Å². The minimum Gasteiger partial charge on any atom is -0.435 e. The number of hydrogen-bond donors (Lipinski definition) is 1. The lowest BCUT2D eigenvalue weighted by Gasteiger charge is -2.01. The van der Waals surface area contributed by atoms with Gasteiger partial charge in [-0.1, -0.05) is 29.3 Å². The van der Waals surface area contributed by atoms with E-state index in [4.69, 9.17) is 16.0 Å². The molecule has 1 aromatic heterocycles. The van der Waals surface area contributed by atoms with Crippen LogP contribution in [-0.4, -0.2) is 4.98 Å². The van der Waals surface area contributed by atoms with Crippen molar-refractivity contribution < 1.29 is 4.42 Å². The molecule has 0 radical (unpaired) electrons. The Balaban J connectivity index is 1.90. The van der Waals surface area contributed by atoms with Crippen molar-refractivity contribution >= 4 is 34.0 Å². The topological polar surface area (TPSA) is 61.9 Å². The zero-order valence-electron chi connectivity index (χ0n) is 11.8. The molecule has 0 amide bonds. The molecule has 3 aromatic rings. The van der Waals surface area contributed by atoms with E-state index in [0.29, 0.717) is 21.7 Å². The first-order chi connectivity index (χ1) is 10.7. The van der Waals surface area contributed by atoms with Crippen molar-refractivity contribution in [1.82, 2.24) is 4.98 Å². The quantitative estimate of drug-likeness (QED) is 0.708. The second-order valence-electron chi connectivity index (χ2n) is 4.81. The molecule has 0 aliphatic carbocycles. The van der Waals surface area contributed by atoms with Crippen molar-refractivity contribution in [3.05, 3.63) is 65.1 Å². The summed E-state index contributed by atoms with van der Waals surface area (Å²) < 4.78 is 5.58. The van der Waals surface area contributed by atoms with E-state index in [1.165, 1.54) is 5.56 Å². The Morgan fingerprint density at radius 3 is 2.77 bits per heavy atom. The van der Waals surface area contributed by atoms with Gasteiger partial charge in [-0.2, -0.15) is 5.26 Å². The minimum absolute atomic E-state index is 0.263. The highest BCUT2D eigenvalue weighted by Crippen LogP contribution is 2.23. The van der Waals surface area contributed by atoms with E-state index in [0.717, 1.165) is 5.69 Å². The molecule has 2 aromatic carbocycles. The normalized spacial score (nSPS) is 11.4. The number of allylic oxidation sites excluding steroid dienone is 1. The van der Waals surface area contributed by atoms with Gasteiger partial charge in [-0.3, -0.25) is 0 Å². The first-order valence-corrected chi connectivity index (χ1v) is 7.03. The Morgan fingerprint density at radius 1 is 1.27 bits per heavy atom. The second kappa shape index (κ2) is 5.92. The van der Waals surface area contributed by atoms with E-state index in [1.807, 2.05) is 31.2 Å². The molecule has 3 rings (SSSR count). The fraction of sp³-hybridized carbons (Fsp3) is 0.0588. The lowest BCUT2D eigenvalue weighted by molar-refractivity contribution is 0.586. The molecular weight excluding hydrogens is 298 g/mol. The number of aryl methyl sites for hydroxylation is 1. The van der Waals surface area contributed by atoms with Gasteiger partial charge in [0, 0.05) is 16.9 Å². The van der Waals surface area contributed by atoms with Gasteiger partial charge >= 0.3 is 0 Å². The number of nitriles is 1. The molecule has 1 heterocycles. The van der Waals surface area contributed by atoms with E-state index >= 15 is 0 Å². The van der Waals surface area contributed by atoms with Crippen molar-refractivity contribution in [2.75, 3.05) is 5.32 Å². The summed E-state index contributed by atoms with van der Waals surface area (Å²) in [7, 11) is 0. The van der Waals surface area contributed by atoms with Crippen LogP contribution in [0.25, 0.3) is 16.7 Å². The first kappa shape index (κ1) is 14.2. The standard InChI is InChI=1S/C17H12ClN3O/c1-11-2-5-14(6-3-11)20-10-12(9-19)17-21-15-8-13(18)4-7-16(15)22-17/h2-8,10,20H,1H3/b12-10+. The van der Waals surface area contributed by atoms with Crippen LogP contribution in [0, 0.1) is 18.3 Å². The Labute approximate surface area is 132 Å². The molecule has 4 nitrogen and oxygen atoms in total. The maximum absolute atomic E-state index is 9.30. The Hall–Kier alpha value is -2.77. The highest BCUT2D eigenvalue weighted by Gasteiger charge is 2.10. The van der Waals surface area contributed by atoms with Crippen LogP contribution in [0.3, 0.4) is 0 Å². The minimum atomic E-state index is 0.263. The largest absolute Gasteiger partial charge is 0.435 e. The van der Waals surface area contributed by atoms with Crippen LogP contribution in [-0.2, 0) is 0 Å². The summed E-state index contributed by atoms with van der Waals surface area (Å²) in [6, 6.07) is 15.1. The third-order valence-corrected chi connectivity index (χ3v) is 3.37. The number of rotatable bonds is 3. The number of fused-ring (bicyclic) bond motifs is 1. The maximum atomic E-state index is 9.30. The molecule has 0 unspecified atom stereocenters. The van der Waals surface area contributed by atoms with Gasteiger partial charge in [0.05, 0.1) is 0 Å². The number of nitrogens with one attached hydrogen (secondary N) is 1. The summed E-state index contributed by atoms with van der Waals surface area (Å²) in [5.74, 6) is 0.263. The molecule has 0 aliphatic rings. The van der Waals surface area contributed by atoms with Crippen LogP contribution >= 0.6 is 11.6 Å². The predicted molar refractivity (Wildman–Crippen MR) is 87.4 cm³/mol. The van der Waals surface area contributed by atoms with Gasteiger partial charge in [0.15, 0.2) is 5.58 Å². The molecule has 0 aliphatic heterocycles. The van der Waals surface area contributed by atoms with Crippen molar-refractivity contribution in [3.8, 4) is 6.07 Å². The number of nitrogens with zero attached hydrogens (tertiary/aromatic N) is 2. The van der Waals surface area contributed by atoms with Crippen LogP contribution < -0.4 is 5.32 Å². The van der Waals surface area contributed by atoms with Crippen molar-refractivity contribution in [2.24, 2.45) is 0 Å². The zero-order chi connectivity index (χ0) is 15.5. The SMILES string of the molecule is Cc1ccc(N/C=C(\C#N)c2nc3cc(Cl)ccc3o2)cc1. The maximum Gasteiger partial charge on any atom is 0.239 e. The monoisotopic (exact) mass is 309 g/mol. The van der Waals surface area contributed by atoms with Crippen molar-refractivity contribution in [2.45, 2.75) is 6.92 Å². The van der Waals surface area contributed by atoms with E-state index in [1.54, 1.807) is 24.4 Å². The summed E-state index contributed by atoms with van der Waals surface area (Å²) in [6.07, 6.45) is 1.58. The molecule has 0 saturated carbocycles. The molecule has 5 heteroatoms. The summed E-state index contributed by atoms with van der Waals surface area (Å²) in [5.41, 5.74) is 3.59. The second-order valence-corrected chi connectivity index (χ2v) is 5.25. The number of oxazole rings is 1. The van der Waals surface area contributed by atoms with Crippen LogP contribution in [0.2, 0.25) is 5.02 Å². The van der Waals surface area contributed by atoms with E-state index < -0.39 is 0 Å². The van der Waals surface area contributed by atoms with E-state index in [-0.39, 0.29) is 5.89 Å². The molecule has 108 valence electrons. The number of anilines is 1. The smallest absolute Gasteiger partial charge is 0.239 e. The fourth-order valence-corrected chi connectivity index (χ4v) is 2.13. The van der Waals surface area contributed by atoms with Crippen LogP contribution in [0.4, 0.5) is 5.69 Å². The molecule has 0 fully saturated rings. The molecule has 0 saturated heterocycles. The van der Waals surface area contributed by atoms with Gasteiger partial charge in [-0.15, -0.1) is 0 Å². The van der Waals surface area contributed by atoms with E-state index in [9.17, 15) is 5.26 Å². The van der Waals surface area contributed by atoms with Gasteiger partial charge in [0.25, 0.3) is 0 Å². The van der Waals surface area contributed by atoms with Gasteiger partial charge < -0.3 is 9.73 Å². The summed E-state index contributed by atoms with van der Waals surface area (Å²) in [6.45, 7) is 2.02. The van der Waals surface area contributed by atoms with Crippen LogP contribution in [0.15, 0.2) is 53.1 Å². The third-order valence-electron chi connectivity index (χ3n) is 3.14. The Kier molecular flexibility index (Phi) is 3.82. The number of benzene rings is 2. The highest BCUT2D eigenvalue weighted by molar-refractivity contribution is 6.31. The summed E-state index contributed by atoms with van der Waals surface area (Å²) in [4.78, 5) is 4.29. The summed E-state index contributed by atoms with van der Waals surface area (Å²) in [5, 5.41) is 12.9.